The van der Waals surface area contributed by atoms with Gasteiger partial charge in [-0.1, -0.05) is 42.5 Å². The first-order valence-electron chi connectivity index (χ1n) is 11.2. The van der Waals surface area contributed by atoms with Crippen LogP contribution in [0.4, 0.5) is 13.6 Å². The van der Waals surface area contributed by atoms with Crippen LogP contribution in [-0.4, -0.2) is 17.3 Å². The molecule has 0 spiro atoms. The van der Waals surface area contributed by atoms with E-state index in [0.717, 1.165) is 28.4 Å². The molecule has 0 radical (unpaired) electrons. The molecular weight excluding hydrogens is 480 g/mol. The third-order valence-electron chi connectivity index (χ3n) is 5.52. The molecule has 0 aliphatic rings. The van der Waals surface area contributed by atoms with E-state index in [4.69, 9.17) is 0 Å². The molecule has 1 heterocycles. The number of pyridine rings is 1. The first-order chi connectivity index (χ1) is 17.4. The van der Waals surface area contributed by atoms with Gasteiger partial charge >= 0.3 is 6.03 Å². The predicted octanol–water partition coefficient (Wildman–Crippen LogP) is 6.44. The van der Waals surface area contributed by atoms with Gasteiger partial charge in [0.1, 0.15) is 17.9 Å². The molecular formula is C28H23F2N3O2S. The lowest BCUT2D eigenvalue weighted by Gasteiger charge is -2.22. The van der Waals surface area contributed by atoms with E-state index in [9.17, 15) is 18.4 Å². The molecule has 3 aromatic carbocycles. The average Bonchev–Trinajstić information content (AvgIpc) is 2.87. The first-order valence-corrected chi connectivity index (χ1v) is 12.0. The lowest BCUT2D eigenvalue weighted by Crippen LogP contribution is -2.36. The molecule has 36 heavy (non-hydrogen) atoms. The summed E-state index contributed by atoms with van der Waals surface area (Å²) in [7, 11) is 0. The predicted molar refractivity (Wildman–Crippen MR) is 137 cm³/mol. The van der Waals surface area contributed by atoms with Gasteiger partial charge in [0.25, 0.3) is 0 Å². The number of carbonyl (C=O) groups is 2. The van der Waals surface area contributed by atoms with Crippen molar-refractivity contribution >= 4 is 24.3 Å². The molecule has 4 aromatic rings. The smallest absolute Gasteiger partial charge is 0.325 e. The zero-order valence-corrected chi connectivity index (χ0v) is 20.2. The van der Waals surface area contributed by atoms with Gasteiger partial charge < -0.3 is 5.32 Å². The van der Waals surface area contributed by atoms with E-state index in [-0.39, 0.29) is 6.42 Å². The zero-order chi connectivity index (χ0) is 25.5. The molecule has 2 N–H and O–H groups in total. The minimum absolute atomic E-state index is 0.0918. The lowest BCUT2D eigenvalue weighted by molar-refractivity contribution is 0.112. The number of hydrogen-bond donors (Lipinski definition) is 2. The highest BCUT2D eigenvalue weighted by atomic mass is 32.2. The van der Waals surface area contributed by atoms with E-state index in [1.807, 2.05) is 43.3 Å². The van der Waals surface area contributed by atoms with Gasteiger partial charge in [-0.2, -0.15) is 0 Å². The van der Waals surface area contributed by atoms with Crippen LogP contribution in [-0.2, 0) is 6.42 Å². The summed E-state index contributed by atoms with van der Waals surface area (Å²) >= 11 is 1.17. The number of halogens is 2. The highest BCUT2D eigenvalue weighted by molar-refractivity contribution is 7.98. The average molecular weight is 504 g/mol. The monoisotopic (exact) mass is 503 g/mol. The van der Waals surface area contributed by atoms with Gasteiger partial charge in [0.2, 0.25) is 0 Å². The number of urea groups is 1. The molecule has 0 aliphatic heterocycles. The Bertz CT molecular complexity index is 1380. The number of benzene rings is 3. The highest BCUT2D eigenvalue weighted by Gasteiger charge is 2.22. The van der Waals surface area contributed by atoms with Gasteiger partial charge in [-0.15, -0.1) is 0 Å². The maximum Gasteiger partial charge on any atom is 0.325 e. The van der Waals surface area contributed by atoms with Crippen LogP contribution in [0.3, 0.4) is 0 Å². The van der Waals surface area contributed by atoms with Crippen molar-refractivity contribution in [1.82, 2.24) is 15.0 Å². The molecule has 0 bridgehead atoms. The minimum atomic E-state index is -0.722. The van der Waals surface area contributed by atoms with Crippen molar-refractivity contribution in [3.05, 3.63) is 119 Å². The van der Waals surface area contributed by atoms with Crippen molar-refractivity contribution in [3.63, 3.8) is 0 Å². The Morgan fingerprint density at radius 3 is 2.53 bits per heavy atom. The van der Waals surface area contributed by atoms with Crippen LogP contribution in [0.15, 0.2) is 90.0 Å². The number of nitrogens with one attached hydrogen (secondary N) is 2. The van der Waals surface area contributed by atoms with Crippen LogP contribution in [0.2, 0.25) is 0 Å². The summed E-state index contributed by atoms with van der Waals surface area (Å²) in [6.07, 6.45) is 2.43. The number of carbonyl (C=O) groups excluding carboxylic acids is 2. The van der Waals surface area contributed by atoms with Gasteiger partial charge in [0, 0.05) is 28.3 Å². The van der Waals surface area contributed by atoms with Crippen molar-refractivity contribution in [3.8, 4) is 11.1 Å². The first kappa shape index (κ1) is 25.1. The van der Waals surface area contributed by atoms with Crippen LogP contribution < -0.4 is 10.0 Å². The minimum Gasteiger partial charge on any atom is -0.329 e. The van der Waals surface area contributed by atoms with Crippen LogP contribution >= 0.6 is 11.9 Å². The van der Waals surface area contributed by atoms with Crippen molar-refractivity contribution in [2.75, 3.05) is 0 Å². The van der Waals surface area contributed by atoms with E-state index >= 15 is 0 Å². The Balaban J connectivity index is 1.66. The SMILES string of the molecule is Cc1ccccc1SNC(=O)NC(Cc1cc(F)cc(F)c1)c1ncccc1-c1cccc(C=O)c1. The summed E-state index contributed by atoms with van der Waals surface area (Å²) in [5, 5.41) is 2.90. The van der Waals surface area contributed by atoms with Gasteiger partial charge in [-0.3, -0.25) is 14.5 Å². The summed E-state index contributed by atoms with van der Waals surface area (Å²) < 4.78 is 30.6. The molecule has 0 saturated heterocycles. The topological polar surface area (TPSA) is 71.1 Å². The van der Waals surface area contributed by atoms with Gasteiger partial charge in [-0.25, -0.2) is 13.6 Å². The van der Waals surface area contributed by atoms with Crippen LogP contribution in [0, 0.1) is 18.6 Å². The Kier molecular flexibility index (Phi) is 8.07. The molecule has 2 amide bonds. The summed E-state index contributed by atoms with van der Waals surface area (Å²) in [5.74, 6) is -1.41. The number of aryl methyl sites for hydroxylation is 1. The second kappa shape index (κ2) is 11.6. The van der Waals surface area contributed by atoms with E-state index < -0.39 is 23.7 Å². The van der Waals surface area contributed by atoms with Crippen LogP contribution in [0.25, 0.3) is 11.1 Å². The summed E-state index contributed by atoms with van der Waals surface area (Å²) in [5.41, 5.74) is 3.79. The zero-order valence-electron chi connectivity index (χ0n) is 19.4. The summed E-state index contributed by atoms with van der Waals surface area (Å²) in [6.45, 7) is 1.94. The fourth-order valence-electron chi connectivity index (χ4n) is 3.86. The van der Waals surface area contributed by atoms with E-state index in [0.29, 0.717) is 22.4 Å². The van der Waals surface area contributed by atoms with E-state index in [1.54, 1.807) is 30.5 Å². The normalized spacial score (nSPS) is 11.5. The number of hydrogen-bond acceptors (Lipinski definition) is 4. The number of rotatable bonds is 8. The quantitative estimate of drug-likeness (QED) is 0.215. The molecule has 1 aromatic heterocycles. The Labute approximate surface area is 212 Å². The molecule has 0 saturated carbocycles. The van der Waals surface area contributed by atoms with Crippen molar-refractivity contribution in [2.24, 2.45) is 0 Å². The third kappa shape index (κ3) is 6.34. The fraction of sp³-hybridized carbons (Fsp3) is 0.107. The number of aromatic nitrogens is 1. The number of nitrogens with zero attached hydrogens (tertiary/aromatic N) is 1. The molecule has 0 fully saturated rings. The maximum atomic E-state index is 13.9. The number of aldehydes is 1. The van der Waals surface area contributed by atoms with E-state index in [2.05, 4.69) is 15.0 Å². The molecule has 0 aliphatic carbocycles. The second-order valence-corrected chi connectivity index (χ2v) is 9.01. The van der Waals surface area contributed by atoms with Gasteiger partial charge in [0.05, 0.1) is 11.7 Å². The Morgan fingerprint density at radius 1 is 1.00 bits per heavy atom. The highest BCUT2D eigenvalue weighted by Crippen LogP contribution is 2.30. The Hall–Kier alpha value is -4.04. The number of amides is 2. The molecule has 4 rings (SSSR count). The second-order valence-electron chi connectivity index (χ2n) is 8.16. The molecule has 8 heteroatoms. The summed E-state index contributed by atoms with van der Waals surface area (Å²) in [6, 6.07) is 20.3. The van der Waals surface area contributed by atoms with Crippen LogP contribution in [0.1, 0.15) is 33.2 Å². The van der Waals surface area contributed by atoms with Gasteiger partial charge in [-0.05, 0) is 72.3 Å². The maximum absolute atomic E-state index is 13.9. The molecule has 1 unspecified atom stereocenters. The molecule has 1 atom stereocenters. The molecule has 182 valence electrons. The van der Waals surface area contributed by atoms with E-state index in [1.165, 1.54) is 24.1 Å². The Morgan fingerprint density at radius 2 is 1.78 bits per heavy atom. The third-order valence-corrected chi connectivity index (χ3v) is 6.48. The van der Waals surface area contributed by atoms with Gasteiger partial charge in [0.15, 0.2) is 0 Å². The van der Waals surface area contributed by atoms with Crippen molar-refractivity contribution < 1.29 is 18.4 Å². The van der Waals surface area contributed by atoms with Crippen molar-refractivity contribution in [2.45, 2.75) is 24.3 Å². The summed E-state index contributed by atoms with van der Waals surface area (Å²) in [4.78, 5) is 29.6. The molecule has 5 nitrogen and oxygen atoms in total. The fourth-order valence-corrected chi connectivity index (χ4v) is 4.50. The largest absolute Gasteiger partial charge is 0.329 e. The van der Waals surface area contributed by atoms with Crippen LogP contribution in [0.5, 0.6) is 0 Å². The lowest BCUT2D eigenvalue weighted by atomic mass is 9.95. The van der Waals surface area contributed by atoms with Crippen molar-refractivity contribution in [1.29, 1.82) is 0 Å². The standard InChI is InChI=1S/C28H23F2N3O2S/c1-18-6-2-3-10-26(18)36-33-28(35)32-25(15-20-13-22(29)16-23(30)14-20)27-24(9-5-11-31-27)21-8-4-7-19(12-21)17-34/h2-14,16-17,25H,15H2,1H3,(H2,32,33,35).